The summed E-state index contributed by atoms with van der Waals surface area (Å²) in [5.74, 6) is 7.86. The third-order valence-electron chi connectivity index (χ3n) is 3.20. The molecule has 7 nitrogen and oxygen atoms in total. The Kier molecular flexibility index (Phi) is 4.54. The SMILES string of the molecule is COc1ccc(C(Cc2ncnn2C)NN)cc1OC. The Bertz CT molecular complexity index is 570. The van der Waals surface area contributed by atoms with Crippen LogP contribution in [0.5, 0.6) is 11.5 Å². The van der Waals surface area contributed by atoms with Crippen molar-refractivity contribution in [3.05, 3.63) is 35.9 Å². The summed E-state index contributed by atoms with van der Waals surface area (Å²) in [7, 11) is 5.06. The van der Waals surface area contributed by atoms with Crippen molar-refractivity contribution in [3.63, 3.8) is 0 Å². The number of methoxy groups -OCH3 is 2. The molecule has 0 saturated heterocycles. The van der Waals surface area contributed by atoms with Gasteiger partial charge in [-0.05, 0) is 17.7 Å². The van der Waals surface area contributed by atoms with Gasteiger partial charge in [0.1, 0.15) is 12.2 Å². The molecule has 2 rings (SSSR count). The topological polar surface area (TPSA) is 87.2 Å². The molecule has 1 heterocycles. The second-order valence-corrected chi connectivity index (χ2v) is 4.34. The first-order valence-corrected chi connectivity index (χ1v) is 6.20. The van der Waals surface area contributed by atoms with Crippen LogP contribution in [0.4, 0.5) is 0 Å². The van der Waals surface area contributed by atoms with E-state index in [9.17, 15) is 0 Å². The van der Waals surface area contributed by atoms with Crippen LogP contribution in [0.1, 0.15) is 17.4 Å². The maximum absolute atomic E-state index is 5.65. The average Bonchev–Trinajstić information content (AvgIpc) is 2.89. The minimum Gasteiger partial charge on any atom is -0.493 e. The molecule has 0 aliphatic heterocycles. The maximum atomic E-state index is 5.65. The van der Waals surface area contributed by atoms with Gasteiger partial charge in [0, 0.05) is 13.5 Å². The summed E-state index contributed by atoms with van der Waals surface area (Å²) in [5, 5.41) is 4.05. The van der Waals surface area contributed by atoms with Crippen LogP contribution >= 0.6 is 0 Å². The van der Waals surface area contributed by atoms with E-state index >= 15 is 0 Å². The Morgan fingerprint density at radius 2 is 2.05 bits per heavy atom. The van der Waals surface area contributed by atoms with E-state index in [-0.39, 0.29) is 6.04 Å². The second kappa shape index (κ2) is 6.36. The van der Waals surface area contributed by atoms with Crippen molar-refractivity contribution in [2.75, 3.05) is 14.2 Å². The summed E-state index contributed by atoms with van der Waals surface area (Å²) >= 11 is 0. The summed E-state index contributed by atoms with van der Waals surface area (Å²) in [6, 6.07) is 5.62. The fourth-order valence-electron chi connectivity index (χ4n) is 2.03. The van der Waals surface area contributed by atoms with Gasteiger partial charge in [-0.15, -0.1) is 0 Å². The van der Waals surface area contributed by atoms with E-state index in [1.54, 1.807) is 18.9 Å². The van der Waals surface area contributed by atoms with E-state index in [0.29, 0.717) is 17.9 Å². The molecule has 3 N–H and O–H groups in total. The van der Waals surface area contributed by atoms with Crippen LogP contribution in [0.15, 0.2) is 24.5 Å². The Labute approximate surface area is 117 Å². The Morgan fingerprint density at radius 1 is 1.30 bits per heavy atom. The number of benzene rings is 1. The lowest BCUT2D eigenvalue weighted by Gasteiger charge is -2.17. The number of aromatic nitrogens is 3. The molecule has 1 aromatic heterocycles. The maximum Gasteiger partial charge on any atom is 0.161 e. The highest BCUT2D eigenvalue weighted by Gasteiger charge is 2.16. The summed E-state index contributed by atoms with van der Waals surface area (Å²) in [4.78, 5) is 4.21. The first kappa shape index (κ1) is 14.3. The van der Waals surface area contributed by atoms with Crippen molar-refractivity contribution in [2.24, 2.45) is 12.9 Å². The number of aryl methyl sites for hydroxylation is 1. The highest BCUT2D eigenvalue weighted by Crippen LogP contribution is 2.30. The first-order valence-electron chi connectivity index (χ1n) is 6.20. The molecule has 2 aromatic rings. The zero-order valence-corrected chi connectivity index (χ0v) is 11.8. The van der Waals surface area contributed by atoms with Crippen molar-refractivity contribution < 1.29 is 9.47 Å². The van der Waals surface area contributed by atoms with Gasteiger partial charge in [-0.2, -0.15) is 5.10 Å². The number of nitrogens with one attached hydrogen (secondary N) is 1. The molecule has 0 bridgehead atoms. The van der Waals surface area contributed by atoms with Gasteiger partial charge in [0.15, 0.2) is 11.5 Å². The lowest BCUT2D eigenvalue weighted by molar-refractivity contribution is 0.353. The number of hydrogen-bond donors (Lipinski definition) is 2. The van der Waals surface area contributed by atoms with Gasteiger partial charge in [0.05, 0.1) is 20.3 Å². The molecule has 1 atom stereocenters. The lowest BCUT2D eigenvalue weighted by Crippen LogP contribution is -2.30. The van der Waals surface area contributed by atoms with Gasteiger partial charge < -0.3 is 9.47 Å². The van der Waals surface area contributed by atoms with E-state index in [1.807, 2.05) is 25.2 Å². The highest BCUT2D eigenvalue weighted by molar-refractivity contribution is 5.43. The molecule has 0 spiro atoms. The molecular weight excluding hydrogens is 258 g/mol. The van der Waals surface area contributed by atoms with Crippen molar-refractivity contribution in [1.29, 1.82) is 0 Å². The standard InChI is InChI=1S/C13H19N5O2/c1-18-13(15-8-16-18)7-10(17-14)9-4-5-11(19-2)12(6-9)20-3/h4-6,8,10,17H,7,14H2,1-3H3. The molecule has 0 aliphatic carbocycles. The van der Waals surface area contributed by atoms with Crippen LogP contribution in [-0.4, -0.2) is 29.0 Å². The summed E-state index contributed by atoms with van der Waals surface area (Å²) < 4.78 is 12.3. The highest BCUT2D eigenvalue weighted by atomic mass is 16.5. The normalized spacial score (nSPS) is 12.2. The third kappa shape index (κ3) is 2.89. The summed E-state index contributed by atoms with van der Waals surface area (Å²) in [6.45, 7) is 0. The Hall–Kier alpha value is -2.12. The van der Waals surface area contributed by atoms with Crippen LogP contribution in [0.25, 0.3) is 0 Å². The molecule has 20 heavy (non-hydrogen) atoms. The van der Waals surface area contributed by atoms with Crippen molar-refractivity contribution in [2.45, 2.75) is 12.5 Å². The summed E-state index contributed by atoms with van der Waals surface area (Å²) in [5.41, 5.74) is 3.79. The predicted octanol–water partition coefficient (Wildman–Crippen LogP) is 0.579. The van der Waals surface area contributed by atoms with Gasteiger partial charge in [0.25, 0.3) is 0 Å². The van der Waals surface area contributed by atoms with Crippen LogP contribution < -0.4 is 20.7 Å². The number of ether oxygens (including phenoxy) is 2. The van der Waals surface area contributed by atoms with Gasteiger partial charge in [-0.1, -0.05) is 6.07 Å². The smallest absolute Gasteiger partial charge is 0.161 e. The zero-order valence-electron chi connectivity index (χ0n) is 11.8. The van der Waals surface area contributed by atoms with Crippen LogP contribution in [-0.2, 0) is 13.5 Å². The second-order valence-electron chi connectivity index (χ2n) is 4.34. The van der Waals surface area contributed by atoms with Crippen molar-refractivity contribution in [3.8, 4) is 11.5 Å². The zero-order chi connectivity index (χ0) is 14.5. The molecule has 108 valence electrons. The van der Waals surface area contributed by atoms with Crippen molar-refractivity contribution >= 4 is 0 Å². The van der Waals surface area contributed by atoms with Gasteiger partial charge in [-0.3, -0.25) is 16.0 Å². The average molecular weight is 277 g/mol. The van der Waals surface area contributed by atoms with Crippen LogP contribution in [0, 0.1) is 0 Å². The van der Waals surface area contributed by atoms with Crippen LogP contribution in [0.2, 0.25) is 0 Å². The minimum atomic E-state index is -0.0855. The van der Waals surface area contributed by atoms with Gasteiger partial charge in [-0.25, -0.2) is 4.98 Å². The van der Waals surface area contributed by atoms with E-state index in [4.69, 9.17) is 15.3 Å². The molecule has 0 saturated carbocycles. The first-order chi connectivity index (χ1) is 9.69. The molecule has 0 fully saturated rings. The molecule has 0 amide bonds. The Morgan fingerprint density at radius 3 is 2.60 bits per heavy atom. The molecule has 1 aromatic carbocycles. The number of nitrogens with two attached hydrogens (primary N) is 1. The molecule has 1 unspecified atom stereocenters. The van der Waals surface area contributed by atoms with E-state index < -0.39 is 0 Å². The third-order valence-corrected chi connectivity index (χ3v) is 3.20. The Balaban J connectivity index is 2.25. The fourth-order valence-corrected chi connectivity index (χ4v) is 2.03. The van der Waals surface area contributed by atoms with Crippen molar-refractivity contribution in [1.82, 2.24) is 20.2 Å². The number of hydrazine groups is 1. The van der Waals surface area contributed by atoms with E-state index in [2.05, 4.69) is 15.5 Å². The molecule has 0 radical (unpaired) electrons. The largest absolute Gasteiger partial charge is 0.493 e. The monoisotopic (exact) mass is 277 g/mol. The minimum absolute atomic E-state index is 0.0855. The van der Waals surface area contributed by atoms with Gasteiger partial charge >= 0.3 is 0 Å². The number of hydrogen-bond acceptors (Lipinski definition) is 6. The lowest BCUT2D eigenvalue weighted by atomic mass is 10.0. The van der Waals surface area contributed by atoms with Gasteiger partial charge in [0.2, 0.25) is 0 Å². The quantitative estimate of drug-likeness (QED) is 0.593. The molecule has 0 aliphatic rings. The van der Waals surface area contributed by atoms with Crippen LogP contribution in [0.3, 0.4) is 0 Å². The molecular formula is C13H19N5O2. The summed E-state index contributed by atoms with van der Waals surface area (Å²) in [6.07, 6.45) is 2.15. The van der Waals surface area contributed by atoms with E-state index in [1.165, 1.54) is 6.33 Å². The number of rotatable bonds is 6. The number of nitrogens with zero attached hydrogens (tertiary/aromatic N) is 3. The molecule has 7 heteroatoms. The fraction of sp³-hybridized carbons (Fsp3) is 0.385. The van der Waals surface area contributed by atoms with E-state index in [0.717, 1.165) is 11.4 Å². The predicted molar refractivity (Wildman–Crippen MR) is 74.3 cm³/mol.